The molecule has 2 N–H and O–H groups in total. The van der Waals surface area contributed by atoms with Gasteiger partial charge in [0.15, 0.2) is 11.4 Å². The van der Waals surface area contributed by atoms with E-state index in [9.17, 15) is 18.7 Å². The average Bonchev–Trinajstić information content (AvgIpc) is 2.85. The summed E-state index contributed by atoms with van der Waals surface area (Å²) in [6.45, 7) is 1.68. The first kappa shape index (κ1) is 15.5. The molecule has 4 nitrogen and oxygen atoms in total. The van der Waals surface area contributed by atoms with Crippen molar-refractivity contribution in [1.29, 1.82) is 0 Å². The number of aryl methyl sites for hydroxylation is 1. The highest BCUT2D eigenvalue weighted by Gasteiger charge is 2.22. The summed E-state index contributed by atoms with van der Waals surface area (Å²) in [6, 6.07) is 5.43. The van der Waals surface area contributed by atoms with E-state index in [-0.39, 0.29) is 22.5 Å². The first-order valence-corrected chi connectivity index (χ1v) is 7.33. The summed E-state index contributed by atoms with van der Waals surface area (Å²) >= 11 is 3.12. The Bertz CT molecular complexity index is 937. The Labute approximate surface area is 137 Å². The largest absolute Gasteiger partial charge is 0.478 e. The Hall–Kier alpha value is -2.41. The van der Waals surface area contributed by atoms with Gasteiger partial charge < -0.3 is 14.8 Å². The third kappa shape index (κ3) is 2.68. The summed E-state index contributed by atoms with van der Waals surface area (Å²) in [6.07, 6.45) is 1.34. The minimum absolute atomic E-state index is 0.0442. The molecule has 0 amide bonds. The van der Waals surface area contributed by atoms with Gasteiger partial charge in [-0.1, -0.05) is 15.9 Å². The zero-order valence-electron chi connectivity index (χ0n) is 11.8. The van der Waals surface area contributed by atoms with Crippen LogP contribution >= 0.6 is 15.9 Å². The van der Waals surface area contributed by atoms with Crippen LogP contribution < -0.4 is 5.32 Å². The van der Waals surface area contributed by atoms with Crippen LogP contribution in [0.25, 0.3) is 11.0 Å². The van der Waals surface area contributed by atoms with Gasteiger partial charge in [-0.2, -0.15) is 0 Å². The normalized spacial score (nSPS) is 11.0. The van der Waals surface area contributed by atoms with E-state index in [1.54, 1.807) is 13.0 Å². The second-order valence-corrected chi connectivity index (χ2v) is 5.88. The molecule has 1 aromatic heterocycles. The van der Waals surface area contributed by atoms with Crippen LogP contribution in [-0.4, -0.2) is 11.1 Å². The molecule has 1 heterocycles. The molecule has 0 radical (unpaired) electrons. The minimum Gasteiger partial charge on any atom is -0.478 e. The molecule has 23 heavy (non-hydrogen) atoms. The molecule has 2 aromatic carbocycles. The van der Waals surface area contributed by atoms with E-state index in [1.165, 1.54) is 24.5 Å². The summed E-state index contributed by atoms with van der Waals surface area (Å²) in [5.41, 5.74) is -0.157. The third-order valence-electron chi connectivity index (χ3n) is 3.42. The number of rotatable bonds is 3. The lowest BCUT2D eigenvalue weighted by atomic mass is 10.1. The van der Waals surface area contributed by atoms with Crippen molar-refractivity contribution in [2.24, 2.45) is 0 Å². The molecule has 0 saturated carbocycles. The predicted molar refractivity (Wildman–Crippen MR) is 85.3 cm³/mol. The van der Waals surface area contributed by atoms with Crippen LogP contribution in [0.4, 0.5) is 20.2 Å². The fourth-order valence-corrected chi connectivity index (χ4v) is 2.60. The zero-order valence-corrected chi connectivity index (χ0v) is 13.4. The van der Waals surface area contributed by atoms with Crippen LogP contribution in [0.15, 0.2) is 39.4 Å². The SMILES string of the molecule is Cc1coc2c(F)c(Nc3ccc(Br)cc3F)c(C(=O)O)cc12. The van der Waals surface area contributed by atoms with Gasteiger partial charge >= 0.3 is 5.97 Å². The lowest BCUT2D eigenvalue weighted by molar-refractivity contribution is 0.0697. The maximum atomic E-state index is 14.6. The Morgan fingerprint density at radius 3 is 2.70 bits per heavy atom. The van der Waals surface area contributed by atoms with Gasteiger partial charge in [0.25, 0.3) is 0 Å². The lowest BCUT2D eigenvalue weighted by Crippen LogP contribution is -2.06. The summed E-state index contributed by atoms with van der Waals surface area (Å²) < 4.78 is 34.2. The molecule has 3 aromatic rings. The first-order valence-electron chi connectivity index (χ1n) is 6.54. The predicted octanol–water partition coefficient (Wildman–Crippen LogP) is 5.22. The van der Waals surface area contributed by atoms with Crippen molar-refractivity contribution in [3.63, 3.8) is 0 Å². The Balaban J connectivity index is 2.21. The monoisotopic (exact) mass is 381 g/mol. The van der Waals surface area contributed by atoms with E-state index in [4.69, 9.17) is 4.42 Å². The topological polar surface area (TPSA) is 62.5 Å². The molecule has 0 unspecified atom stereocenters. The Kier molecular flexibility index (Phi) is 3.81. The highest BCUT2D eigenvalue weighted by Crippen LogP contribution is 2.34. The van der Waals surface area contributed by atoms with Crippen LogP contribution in [0.5, 0.6) is 0 Å². The highest BCUT2D eigenvalue weighted by molar-refractivity contribution is 9.10. The lowest BCUT2D eigenvalue weighted by Gasteiger charge is -2.12. The van der Waals surface area contributed by atoms with Gasteiger partial charge in [-0.15, -0.1) is 0 Å². The number of furan rings is 1. The second-order valence-electron chi connectivity index (χ2n) is 4.96. The van der Waals surface area contributed by atoms with E-state index >= 15 is 0 Å². The average molecular weight is 382 g/mol. The molecular weight excluding hydrogens is 372 g/mol. The molecule has 0 bridgehead atoms. The maximum Gasteiger partial charge on any atom is 0.337 e. The van der Waals surface area contributed by atoms with Gasteiger partial charge in [0.05, 0.1) is 23.2 Å². The van der Waals surface area contributed by atoms with Crippen molar-refractivity contribution in [2.75, 3.05) is 5.32 Å². The van der Waals surface area contributed by atoms with E-state index < -0.39 is 17.6 Å². The number of nitrogens with one attached hydrogen (secondary N) is 1. The smallest absolute Gasteiger partial charge is 0.337 e. The summed E-state index contributed by atoms with van der Waals surface area (Å²) in [7, 11) is 0. The van der Waals surface area contributed by atoms with Gasteiger partial charge in [0, 0.05) is 9.86 Å². The number of benzene rings is 2. The van der Waals surface area contributed by atoms with Crippen LogP contribution in [0, 0.1) is 18.6 Å². The Morgan fingerprint density at radius 2 is 2.04 bits per heavy atom. The van der Waals surface area contributed by atoms with E-state index in [1.807, 2.05) is 0 Å². The van der Waals surface area contributed by atoms with E-state index in [0.29, 0.717) is 15.4 Å². The maximum absolute atomic E-state index is 14.6. The highest BCUT2D eigenvalue weighted by atomic mass is 79.9. The van der Waals surface area contributed by atoms with Crippen molar-refractivity contribution in [3.8, 4) is 0 Å². The number of carboxylic acids is 1. The number of fused-ring (bicyclic) bond motifs is 1. The number of anilines is 2. The molecule has 7 heteroatoms. The van der Waals surface area contributed by atoms with Crippen molar-refractivity contribution < 1.29 is 23.1 Å². The van der Waals surface area contributed by atoms with Gasteiger partial charge in [0.2, 0.25) is 0 Å². The molecular formula is C16H10BrF2NO3. The molecule has 0 spiro atoms. The number of hydrogen-bond acceptors (Lipinski definition) is 3. The van der Waals surface area contributed by atoms with Gasteiger partial charge in [-0.3, -0.25) is 0 Å². The standard InChI is InChI=1S/C16H10BrF2NO3/c1-7-6-23-15-9(7)5-10(16(21)22)14(13(15)19)20-12-3-2-8(17)4-11(12)18/h2-6,20H,1H3,(H,21,22). The Morgan fingerprint density at radius 1 is 1.30 bits per heavy atom. The van der Waals surface area contributed by atoms with Crippen LogP contribution in [-0.2, 0) is 0 Å². The molecule has 118 valence electrons. The second kappa shape index (κ2) is 5.66. The van der Waals surface area contributed by atoms with Crippen molar-refractivity contribution >= 4 is 44.2 Å². The van der Waals surface area contributed by atoms with Gasteiger partial charge in [-0.05, 0) is 36.8 Å². The molecule has 0 aliphatic carbocycles. The fourth-order valence-electron chi connectivity index (χ4n) is 2.27. The molecule has 3 rings (SSSR count). The fraction of sp³-hybridized carbons (Fsp3) is 0.0625. The van der Waals surface area contributed by atoms with Crippen LogP contribution in [0.3, 0.4) is 0 Å². The van der Waals surface area contributed by atoms with Gasteiger partial charge in [0.1, 0.15) is 5.82 Å². The number of aromatic carboxylic acids is 1. The van der Waals surface area contributed by atoms with Crippen molar-refractivity contribution in [3.05, 3.63) is 57.8 Å². The quantitative estimate of drug-likeness (QED) is 0.652. The van der Waals surface area contributed by atoms with Crippen molar-refractivity contribution in [1.82, 2.24) is 0 Å². The minimum atomic E-state index is -1.33. The number of carbonyl (C=O) groups is 1. The molecule has 0 saturated heterocycles. The number of carboxylic acid groups (broad SMARTS) is 1. The van der Waals surface area contributed by atoms with Gasteiger partial charge in [-0.25, -0.2) is 13.6 Å². The number of halogens is 3. The van der Waals surface area contributed by atoms with Crippen LogP contribution in [0.1, 0.15) is 15.9 Å². The summed E-state index contributed by atoms with van der Waals surface area (Å²) in [5.74, 6) is -2.85. The third-order valence-corrected chi connectivity index (χ3v) is 3.91. The van der Waals surface area contributed by atoms with Crippen LogP contribution in [0.2, 0.25) is 0 Å². The molecule has 0 atom stereocenters. The molecule has 0 fully saturated rings. The summed E-state index contributed by atoms with van der Waals surface area (Å²) in [5, 5.41) is 12.2. The molecule has 0 aliphatic heterocycles. The molecule has 0 aliphatic rings. The van der Waals surface area contributed by atoms with Crippen molar-refractivity contribution in [2.45, 2.75) is 6.92 Å². The zero-order chi connectivity index (χ0) is 16.7. The first-order chi connectivity index (χ1) is 10.9. The summed E-state index contributed by atoms with van der Waals surface area (Å²) in [4.78, 5) is 11.4. The van der Waals surface area contributed by atoms with E-state index in [2.05, 4.69) is 21.2 Å². The number of hydrogen-bond donors (Lipinski definition) is 2. The van der Waals surface area contributed by atoms with E-state index in [0.717, 1.165) is 0 Å².